The highest BCUT2D eigenvalue weighted by Crippen LogP contribution is 2.23. The first-order valence-electron chi connectivity index (χ1n) is 30.9. The van der Waals surface area contributed by atoms with Gasteiger partial charge in [-0.25, -0.2) is 0 Å². The molecule has 0 saturated carbocycles. The van der Waals surface area contributed by atoms with Crippen molar-refractivity contribution < 1.29 is 49.3 Å². The molecule has 6 N–H and O–H groups in total. The van der Waals surface area contributed by atoms with E-state index in [1.807, 2.05) is 6.08 Å². The Morgan fingerprint density at radius 2 is 0.934 bits per heavy atom. The average Bonchev–Trinajstić information content (AvgIpc) is 3.42. The molecule has 0 aliphatic carbocycles. The molecule has 1 amide bonds. The molecule has 1 aliphatic heterocycles. The van der Waals surface area contributed by atoms with Crippen molar-refractivity contribution in [3.05, 3.63) is 85.1 Å². The summed E-state index contributed by atoms with van der Waals surface area (Å²) >= 11 is 0. The van der Waals surface area contributed by atoms with Crippen LogP contribution < -0.4 is 5.32 Å². The molecule has 0 aromatic carbocycles. The van der Waals surface area contributed by atoms with Gasteiger partial charge in [0.1, 0.15) is 24.4 Å². The minimum Gasteiger partial charge on any atom is -0.465 e. The third kappa shape index (κ3) is 42.8. The molecule has 0 aromatic heterocycles. The van der Waals surface area contributed by atoms with E-state index < -0.39 is 49.5 Å². The van der Waals surface area contributed by atoms with Crippen molar-refractivity contribution in [3.8, 4) is 0 Å². The summed E-state index contributed by atoms with van der Waals surface area (Å²) in [6, 6.07) is -0.840. The van der Waals surface area contributed by atoms with E-state index in [1.165, 1.54) is 128 Å². The second-order valence-corrected chi connectivity index (χ2v) is 21.0. The summed E-state index contributed by atoms with van der Waals surface area (Å²) in [5.74, 6) is -0.264. The normalized spacial score (nSPS) is 19.3. The van der Waals surface area contributed by atoms with Crippen LogP contribution in [0.5, 0.6) is 0 Å². The van der Waals surface area contributed by atoms with Crippen LogP contribution >= 0.6 is 0 Å². The van der Waals surface area contributed by atoms with E-state index in [1.54, 1.807) is 6.08 Å². The number of ether oxygens (including phenoxy) is 3. The van der Waals surface area contributed by atoms with Crippen LogP contribution in [-0.2, 0) is 23.8 Å². The standard InChI is InChI=1S/C65H113NO10/c1-3-5-7-9-11-13-15-16-17-23-27-30-33-37-41-45-49-53-61(70)74-54-50-46-42-38-34-31-28-25-22-20-18-19-21-24-26-29-32-36-40-44-48-52-60(69)66-57(56-75-65-64(73)63(72)62(71)59(55-67)76-65)58(68)51-47-43-39-35-14-12-10-8-6-4-2/h6,8,11,13-14,16-17,31,34-35,42,46-47,51,57-59,62-65,67-68,71-73H,3-5,7,9-10,12,15,18-30,32-33,36-41,43-45,48-50,52-56H2,1-2H3,(H,66,69)/b8-6+,13-11-,17-16-,34-31-,35-14+,46-42-,51-47+. The maximum absolute atomic E-state index is 13.0. The van der Waals surface area contributed by atoms with Crippen molar-refractivity contribution in [3.63, 3.8) is 0 Å². The lowest BCUT2D eigenvalue weighted by Crippen LogP contribution is -2.60. The van der Waals surface area contributed by atoms with Crippen molar-refractivity contribution in [1.29, 1.82) is 0 Å². The summed E-state index contributed by atoms with van der Waals surface area (Å²) in [5.41, 5.74) is 0. The van der Waals surface area contributed by atoms with Gasteiger partial charge in [-0.15, -0.1) is 0 Å². The molecule has 1 saturated heterocycles. The number of esters is 1. The Labute approximate surface area is 463 Å². The topological polar surface area (TPSA) is 175 Å². The van der Waals surface area contributed by atoms with E-state index in [2.05, 4.69) is 92.1 Å². The number of amides is 1. The van der Waals surface area contributed by atoms with Crippen LogP contribution in [0.2, 0.25) is 0 Å². The first-order valence-corrected chi connectivity index (χ1v) is 30.9. The largest absolute Gasteiger partial charge is 0.465 e. The molecule has 7 unspecified atom stereocenters. The number of rotatable bonds is 52. The van der Waals surface area contributed by atoms with Gasteiger partial charge in [-0.05, 0) is 103 Å². The second-order valence-electron chi connectivity index (χ2n) is 21.0. The van der Waals surface area contributed by atoms with Gasteiger partial charge in [-0.1, -0.05) is 221 Å². The Hall–Kier alpha value is -3.16. The van der Waals surface area contributed by atoms with Crippen LogP contribution in [0.1, 0.15) is 251 Å². The predicted octanol–water partition coefficient (Wildman–Crippen LogP) is 14.6. The van der Waals surface area contributed by atoms with Gasteiger partial charge >= 0.3 is 5.97 Å². The molecular formula is C65H113NO10. The first-order chi connectivity index (χ1) is 37.2. The number of carbonyl (C=O) groups is 2. The number of aliphatic hydroxyl groups excluding tert-OH is 5. The highest BCUT2D eigenvalue weighted by molar-refractivity contribution is 5.76. The molecule has 11 nitrogen and oxygen atoms in total. The maximum atomic E-state index is 13.0. The van der Waals surface area contributed by atoms with Crippen molar-refractivity contribution >= 4 is 11.9 Å². The van der Waals surface area contributed by atoms with Gasteiger partial charge < -0.3 is 45.1 Å². The summed E-state index contributed by atoms with van der Waals surface area (Å²) in [5, 5.41) is 54.2. The van der Waals surface area contributed by atoms with E-state index in [0.717, 1.165) is 96.3 Å². The summed E-state index contributed by atoms with van der Waals surface area (Å²) < 4.78 is 16.6. The Balaban J connectivity index is 2.03. The van der Waals surface area contributed by atoms with E-state index >= 15 is 0 Å². The zero-order valence-electron chi connectivity index (χ0n) is 48.2. The van der Waals surface area contributed by atoms with Crippen molar-refractivity contribution in [1.82, 2.24) is 5.32 Å². The molecule has 76 heavy (non-hydrogen) atoms. The summed E-state index contributed by atoms with van der Waals surface area (Å²) in [6.45, 7) is 4.05. The number of nitrogens with one attached hydrogen (secondary N) is 1. The van der Waals surface area contributed by atoms with Crippen LogP contribution in [-0.4, -0.2) is 100 Å². The SMILES string of the molecule is CC/C=C/CC/C=C/CC/C=C/C(O)C(COC1OC(CO)C(O)C(O)C1O)NC(=O)CCCCCCCCCCCCCCCC/C=C\C/C=C\CCOC(=O)CCCCCCCCC/C=C\C/C=C\CCCCC. The quantitative estimate of drug-likeness (QED) is 0.0195. The molecule has 11 heteroatoms. The highest BCUT2D eigenvalue weighted by Gasteiger charge is 2.44. The number of aliphatic hydroxyl groups is 5. The third-order valence-electron chi connectivity index (χ3n) is 14.0. The van der Waals surface area contributed by atoms with Gasteiger partial charge in [0.25, 0.3) is 0 Å². The van der Waals surface area contributed by atoms with Crippen LogP contribution in [0.4, 0.5) is 0 Å². The number of unbranched alkanes of at least 4 members (excludes halogenated alkanes) is 26. The fourth-order valence-corrected chi connectivity index (χ4v) is 9.11. The van der Waals surface area contributed by atoms with Crippen molar-refractivity contribution in [2.75, 3.05) is 19.8 Å². The van der Waals surface area contributed by atoms with Gasteiger partial charge in [0.15, 0.2) is 6.29 Å². The highest BCUT2D eigenvalue weighted by atomic mass is 16.7. The van der Waals surface area contributed by atoms with Crippen LogP contribution in [0.15, 0.2) is 85.1 Å². The Morgan fingerprint density at radius 1 is 0.500 bits per heavy atom. The van der Waals surface area contributed by atoms with Crippen molar-refractivity contribution in [2.45, 2.75) is 294 Å². The Kier molecular flexibility index (Phi) is 50.2. The molecule has 1 rings (SSSR count). The molecule has 0 radical (unpaired) electrons. The van der Waals surface area contributed by atoms with Crippen LogP contribution in [0, 0.1) is 0 Å². The number of hydrogen-bond donors (Lipinski definition) is 6. The fourth-order valence-electron chi connectivity index (χ4n) is 9.11. The van der Waals surface area contributed by atoms with E-state index in [9.17, 15) is 35.1 Å². The minimum absolute atomic E-state index is 0.0583. The smallest absolute Gasteiger partial charge is 0.305 e. The zero-order valence-corrected chi connectivity index (χ0v) is 48.2. The zero-order chi connectivity index (χ0) is 55.2. The van der Waals surface area contributed by atoms with Gasteiger partial charge in [-0.3, -0.25) is 9.59 Å². The number of carbonyl (C=O) groups excluding carboxylic acids is 2. The van der Waals surface area contributed by atoms with Crippen molar-refractivity contribution in [2.24, 2.45) is 0 Å². The lowest BCUT2D eigenvalue weighted by atomic mass is 9.99. The number of hydrogen-bond acceptors (Lipinski definition) is 10. The molecule has 1 fully saturated rings. The predicted molar refractivity (Wildman–Crippen MR) is 315 cm³/mol. The fraction of sp³-hybridized carbons (Fsp3) is 0.754. The monoisotopic (exact) mass is 1070 g/mol. The van der Waals surface area contributed by atoms with E-state index in [-0.39, 0.29) is 18.5 Å². The third-order valence-corrected chi connectivity index (χ3v) is 14.0. The lowest BCUT2D eigenvalue weighted by Gasteiger charge is -2.40. The van der Waals surface area contributed by atoms with E-state index in [4.69, 9.17) is 14.2 Å². The van der Waals surface area contributed by atoms with Crippen LogP contribution in [0.25, 0.3) is 0 Å². The molecule has 1 aliphatic rings. The van der Waals surface area contributed by atoms with Gasteiger partial charge in [-0.2, -0.15) is 0 Å². The van der Waals surface area contributed by atoms with Gasteiger partial charge in [0, 0.05) is 12.8 Å². The second kappa shape index (κ2) is 53.8. The molecule has 1 heterocycles. The Bertz CT molecular complexity index is 1540. The van der Waals surface area contributed by atoms with Gasteiger partial charge in [0.05, 0.1) is 32.0 Å². The first kappa shape index (κ1) is 70.9. The molecular weight excluding hydrogens is 955 g/mol. The lowest BCUT2D eigenvalue weighted by molar-refractivity contribution is -0.302. The summed E-state index contributed by atoms with van der Waals surface area (Å²) in [4.78, 5) is 25.1. The molecule has 438 valence electrons. The molecule has 0 spiro atoms. The van der Waals surface area contributed by atoms with Gasteiger partial charge in [0.2, 0.25) is 5.91 Å². The average molecular weight is 1070 g/mol. The molecule has 0 bridgehead atoms. The molecule has 0 aromatic rings. The minimum atomic E-state index is -1.58. The number of allylic oxidation sites excluding steroid dienone is 12. The summed E-state index contributed by atoms with van der Waals surface area (Å²) in [7, 11) is 0. The van der Waals surface area contributed by atoms with Crippen LogP contribution in [0.3, 0.4) is 0 Å². The maximum Gasteiger partial charge on any atom is 0.305 e. The molecule has 7 atom stereocenters. The summed E-state index contributed by atoms with van der Waals surface area (Å²) in [6.07, 6.45) is 62.8. The van der Waals surface area contributed by atoms with E-state index in [0.29, 0.717) is 19.4 Å². The Morgan fingerprint density at radius 3 is 1.43 bits per heavy atom.